The molecular weight excluding hydrogens is 385 g/mol. The molecule has 1 saturated carbocycles. The fourth-order valence-electron chi connectivity index (χ4n) is 2.90. The van der Waals surface area contributed by atoms with Gasteiger partial charge in [0.05, 0.1) is 15.9 Å². The molecule has 1 aromatic rings. The topological polar surface area (TPSA) is 47.0 Å². The SMILES string of the molecule is CNc1nc(C2CSCCO2)nc(C2CCCC2)c1I. The van der Waals surface area contributed by atoms with Crippen molar-refractivity contribution < 1.29 is 4.74 Å². The lowest BCUT2D eigenvalue weighted by atomic mass is 10.0. The highest BCUT2D eigenvalue weighted by Gasteiger charge is 2.27. The Morgan fingerprint density at radius 1 is 1.30 bits per heavy atom. The van der Waals surface area contributed by atoms with E-state index in [1.54, 1.807) is 0 Å². The number of thioether (sulfide) groups is 1. The third kappa shape index (κ3) is 3.06. The van der Waals surface area contributed by atoms with Gasteiger partial charge in [0.2, 0.25) is 0 Å². The summed E-state index contributed by atoms with van der Waals surface area (Å²) in [6, 6.07) is 0. The van der Waals surface area contributed by atoms with E-state index >= 15 is 0 Å². The van der Waals surface area contributed by atoms with E-state index in [4.69, 9.17) is 9.72 Å². The summed E-state index contributed by atoms with van der Waals surface area (Å²) in [5.41, 5.74) is 1.23. The van der Waals surface area contributed by atoms with Gasteiger partial charge in [-0.05, 0) is 35.4 Å². The molecule has 2 fully saturated rings. The summed E-state index contributed by atoms with van der Waals surface area (Å²) in [7, 11) is 1.93. The number of hydrogen-bond acceptors (Lipinski definition) is 5. The van der Waals surface area contributed by atoms with E-state index in [9.17, 15) is 0 Å². The zero-order chi connectivity index (χ0) is 13.9. The molecule has 1 aliphatic carbocycles. The number of rotatable bonds is 3. The molecule has 1 aromatic heterocycles. The van der Waals surface area contributed by atoms with E-state index in [1.165, 1.54) is 34.9 Å². The van der Waals surface area contributed by atoms with Gasteiger partial charge in [-0.1, -0.05) is 12.8 Å². The first-order valence-electron chi connectivity index (χ1n) is 7.24. The number of ether oxygens (including phenoxy) is 1. The Morgan fingerprint density at radius 3 is 2.75 bits per heavy atom. The largest absolute Gasteiger partial charge is 0.372 e. The van der Waals surface area contributed by atoms with E-state index < -0.39 is 0 Å². The summed E-state index contributed by atoms with van der Waals surface area (Å²) < 4.78 is 7.03. The summed E-state index contributed by atoms with van der Waals surface area (Å²) in [5.74, 6) is 4.47. The number of nitrogens with zero attached hydrogens (tertiary/aromatic N) is 2. The minimum atomic E-state index is 0.0537. The third-order valence-electron chi connectivity index (χ3n) is 3.98. The zero-order valence-electron chi connectivity index (χ0n) is 11.7. The van der Waals surface area contributed by atoms with Gasteiger partial charge in [-0.25, -0.2) is 9.97 Å². The second-order valence-corrected chi connectivity index (χ2v) is 7.52. The fraction of sp³-hybridized carbons (Fsp3) is 0.714. The lowest BCUT2D eigenvalue weighted by Crippen LogP contribution is -2.20. The van der Waals surface area contributed by atoms with Gasteiger partial charge < -0.3 is 10.1 Å². The van der Waals surface area contributed by atoms with Crippen LogP contribution in [0.1, 0.15) is 49.2 Å². The Labute approximate surface area is 138 Å². The molecule has 6 heteroatoms. The summed E-state index contributed by atoms with van der Waals surface area (Å²) in [6.07, 6.45) is 5.22. The van der Waals surface area contributed by atoms with Crippen molar-refractivity contribution >= 4 is 40.2 Å². The highest BCUT2D eigenvalue weighted by atomic mass is 127. The minimum Gasteiger partial charge on any atom is -0.372 e. The van der Waals surface area contributed by atoms with E-state index in [0.29, 0.717) is 5.92 Å². The molecule has 2 aliphatic rings. The molecule has 110 valence electrons. The quantitative estimate of drug-likeness (QED) is 0.779. The molecule has 0 radical (unpaired) electrons. The molecule has 0 aromatic carbocycles. The molecule has 20 heavy (non-hydrogen) atoms. The summed E-state index contributed by atoms with van der Waals surface area (Å²) in [6.45, 7) is 0.804. The molecule has 1 N–H and O–H groups in total. The summed E-state index contributed by atoms with van der Waals surface area (Å²) in [5, 5.41) is 3.22. The molecule has 1 aliphatic heterocycles. The Bertz CT molecular complexity index is 474. The van der Waals surface area contributed by atoms with E-state index in [-0.39, 0.29) is 6.10 Å². The van der Waals surface area contributed by atoms with Gasteiger partial charge in [-0.3, -0.25) is 0 Å². The van der Waals surface area contributed by atoms with Gasteiger partial charge in [-0.2, -0.15) is 11.8 Å². The molecule has 2 heterocycles. The summed E-state index contributed by atoms with van der Waals surface area (Å²) >= 11 is 4.31. The first kappa shape index (κ1) is 14.8. The number of anilines is 1. The standard InChI is InChI=1S/C14H20IN3OS/c1-16-14-11(15)12(9-4-2-3-5-9)17-13(18-14)10-8-20-7-6-19-10/h9-10H,2-8H2,1H3,(H,16,17,18). The smallest absolute Gasteiger partial charge is 0.160 e. The van der Waals surface area contributed by atoms with Crippen molar-refractivity contribution in [1.29, 1.82) is 0 Å². The van der Waals surface area contributed by atoms with Crippen LogP contribution in [0.25, 0.3) is 0 Å². The van der Waals surface area contributed by atoms with Crippen molar-refractivity contribution in [2.45, 2.75) is 37.7 Å². The van der Waals surface area contributed by atoms with Crippen molar-refractivity contribution in [2.24, 2.45) is 0 Å². The number of hydrogen-bond donors (Lipinski definition) is 1. The molecule has 1 atom stereocenters. The van der Waals surface area contributed by atoms with Gasteiger partial charge in [-0.15, -0.1) is 0 Å². The predicted molar refractivity (Wildman–Crippen MR) is 91.5 cm³/mol. The van der Waals surface area contributed by atoms with Crippen molar-refractivity contribution in [3.8, 4) is 0 Å². The predicted octanol–water partition coefficient (Wildman–Crippen LogP) is 3.59. The van der Waals surface area contributed by atoms with Crippen LogP contribution in [0.2, 0.25) is 0 Å². The number of nitrogens with one attached hydrogen (secondary N) is 1. The highest BCUT2D eigenvalue weighted by molar-refractivity contribution is 14.1. The number of halogens is 1. The van der Waals surface area contributed by atoms with Crippen LogP contribution in [0.5, 0.6) is 0 Å². The summed E-state index contributed by atoms with van der Waals surface area (Å²) in [4.78, 5) is 9.57. The maximum atomic E-state index is 5.84. The van der Waals surface area contributed by atoms with Crippen LogP contribution in [-0.2, 0) is 4.74 Å². The first-order valence-corrected chi connectivity index (χ1v) is 9.47. The molecule has 3 rings (SSSR count). The van der Waals surface area contributed by atoms with Crippen molar-refractivity contribution in [1.82, 2.24) is 9.97 Å². The van der Waals surface area contributed by atoms with Gasteiger partial charge in [0.25, 0.3) is 0 Å². The maximum Gasteiger partial charge on any atom is 0.160 e. The van der Waals surface area contributed by atoms with E-state index in [1.807, 2.05) is 18.8 Å². The van der Waals surface area contributed by atoms with Gasteiger partial charge in [0, 0.05) is 24.5 Å². The molecule has 4 nitrogen and oxygen atoms in total. The molecule has 1 unspecified atom stereocenters. The van der Waals surface area contributed by atoms with Crippen LogP contribution >= 0.6 is 34.4 Å². The third-order valence-corrected chi connectivity index (χ3v) is 6.03. The maximum absolute atomic E-state index is 5.84. The Morgan fingerprint density at radius 2 is 2.10 bits per heavy atom. The van der Waals surface area contributed by atoms with Crippen LogP contribution in [0.15, 0.2) is 0 Å². The highest BCUT2D eigenvalue weighted by Crippen LogP contribution is 2.38. The average molecular weight is 405 g/mol. The molecule has 0 amide bonds. The van der Waals surface area contributed by atoms with Crippen LogP contribution in [-0.4, -0.2) is 35.1 Å². The Hall–Kier alpha value is -0.0800. The lowest BCUT2D eigenvalue weighted by molar-refractivity contribution is 0.0692. The average Bonchev–Trinajstić information content (AvgIpc) is 3.02. The van der Waals surface area contributed by atoms with Crippen LogP contribution in [0, 0.1) is 3.57 Å². The van der Waals surface area contributed by atoms with Gasteiger partial charge in [0.15, 0.2) is 5.82 Å². The minimum absolute atomic E-state index is 0.0537. The van der Waals surface area contributed by atoms with Gasteiger partial charge >= 0.3 is 0 Å². The zero-order valence-corrected chi connectivity index (χ0v) is 14.7. The molecule has 1 saturated heterocycles. The first-order chi connectivity index (χ1) is 9.79. The lowest BCUT2D eigenvalue weighted by Gasteiger charge is -2.23. The van der Waals surface area contributed by atoms with Crippen LogP contribution in [0.3, 0.4) is 0 Å². The van der Waals surface area contributed by atoms with Crippen molar-refractivity contribution in [3.63, 3.8) is 0 Å². The molecule has 0 bridgehead atoms. The van der Waals surface area contributed by atoms with E-state index in [0.717, 1.165) is 29.8 Å². The Kier molecular flexibility index (Phi) is 5.04. The van der Waals surface area contributed by atoms with Crippen molar-refractivity contribution in [2.75, 3.05) is 30.5 Å². The number of aromatic nitrogens is 2. The van der Waals surface area contributed by atoms with Crippen LogP contribution in [0.4, 0.5) is 5.82 Å². The van der Waals surface area contributed by atoms with Crippen LogP contribution < -0.4 is 5.32 Å². The second kappa shape index (κ2) is 6.79. The van der Waals surface area contributed by atoms with E-state index in [2.05, 4.69) is 32.9 Å². The van der Waals surface area contributed by atoms with Gasteiger partial charge in [0.1, 0.15) is 11.9 Å². The van der Waals surface area contributed by atoms with Crippen molar-refractivity contribution in [3.05, 3.63) is 15.1 Å². The second-order valence-electron chi connectivity index (χ2n) is 5.30. The fourth-order valence-corrected chi connectivity index (χ4v) is 4.69. The Balaban J connectivity index is 1.95. The normalized spacial score (nSPS) is 24.0. The monoisotopic (exact) mass is 405 g/mol. The molecule has 0 spiro atoms. The molecular formula is C14H20IN3OS.